The minimum atomic E-state index is 0.497. The van der Waals surface area contributed by atoms with Crippen molar-refractivity contribution in [1.82, 2.24) is 19.7 Å². The van der Waals surface area contributed by atoms with Gasteiger partial charge in [0.05, 0.1) is 0 Å². The van der Waals surface area contributed by atoms with Crippen LogP contribution in [0.15, 0.2) is 28.5 Å². The summed E-state index contributed by atoms with van der Waals surface area (Å²) in [5, 5.41) is 10.5. The van der Waals surface area contributed by atoms with Gasteiger partial charge >= 0.3 is 0 Å². The lowest BCUT2D eigenvalue weighted by Crippen LogP contribution is -2.04. The molecular weight excluding hydrogens is 258 g/mol. The Kier molecular flexibility index (Phi) is 3.79. The summed E-state index contributed by atoms with van der Waals surface area (Å²) in [6.45, 7) is 1.51. The van der Waals surface area contributed by atoms with Crippen molar-refractivity contribution in [2.24, 2.45) is 5.73 Å². The van der Waals surface area contributed by atoms with Gasteiger partial charge in [-0.1, -0.05) is 12.5 Å². The lowest BCUT2D eigenvalue weighted by atomic mass is 10.2. The van der Waals surface area contributed by atoms with Crippen molar-refractivity contribution < 1.29 is 0 Å². The molecule has 1 aliphatic heterocycles. The van der Waals surface area contributed by atoms with E-state index in [1.54, 1.807) is 18.0 Å². The van der Waals surface area contributed by atoms with Crippen LogP contribution >= 0.6 is 11.8 Å². The van der Waals surface area contributed by atoms with E-state index in [2.05, 4.69) is 19.7 Å². The third-order valence-electron chi connectivity index (χ3n) is 3.33. The van der Waals surface area contributed by atoms with Crippen LogP contribution in [0.5, 0.6) is 0 Å². The molecular formula is C13H17N5S. The zero-order valence-electron chi connectivity index (χ0n) is 10.7. The van der Waals surface area contributed by atoms with Crippen molar-refractivity contribution in [3.8, 4) is 0 Å². The predicted octanol–water partition coefficient (Wildman–Crippen LogP) is 2.01. The van der Waals surface area contributed by atoms with Crippen molar-refractivity contribution in [3.63, 3.8) is 0 Å². The third kappa shape index (κ3) is 2.64. The molecule has 0 bridgehead atoms. The first-order chi connectivity index (χ1) is 9.38. The second-order valence-electron chi connectivity index (χ2n) is 4.63. The first kappa shape index (κ1) is 12.6. The number of rotatable bonds is 3. The van der Waals surface area contributed by atoms with E-state index in [0.29, 0.717) is 6.54 Å². The molecule has 0 spiro atoms. The molecule has 0 atom stereocenters. The van der Waals surface area contributed by atoms with Crippen LogP contribution in [0.4, 0.5) is 0 Å². The van der Waals surface area contributed by atoms with E-state index in [4.69, 9.17) is 5.73 Å². The average Bonchev–Trinajstić information content (AvgIpc) is 2.68. The van der Waals surface area contributed by atoms with Crippen LogP contribution < -0.4 is 5.73 Å². The van der Waals surface area contributed by atoms with E-state index in [1.165, 1.54) is 19.3 Å². The Morgan fingerprint density at radius 3 is 3.11 bits per heavy atom. The highest BCUT2D eigenvalue weighted by molar-refractivity contribution is 7.99. The zero-order valence-corrected chi connectivity index (χ0v) is 11.6. The van der Waals surface area contributed by atoms with Gasteiger partial charge in [0.1, 0.15) is 10.9 Å². The molecule has 0 unspecified atom stereocenters. The van der Waals surface area contributed by atoms with Gasteiger partial charge in [0.15, 0.2) is 5.16 Å². The molecule has 2 N–H and O–H groups in total. The molecule has 0 radical (unpaired) electrons. The van der Waals surface area contributed by atoms with Crippen LogP contribution in [0.2, 0.25) is 0 Å². The Bertz CT molecular complexity index is 566. The maximum Gasteiger partial charge on any atom is 0.197 e. The van der Waals surface area contributed by atoms with E-state index in [1.807, 2.05) is 12.1 Å². The summed E-state index contributed by atoms with van der Waals surface area (Å²) in [4.78, 5) is 4.40. The minimum Gasteiger partial charge on any atom is -0.326 e. The standard InChI is InChI=1S/C13H17N5S/c14-9-10-5-4-7-15-12(10)19-13-17-16-11-6-2-1-3-8-18(11)13/h4-5,7H,1-3,6,8-9,14H2. The topological polar surface area (TPSA) is 69.6 Å². The van der Waals surface area contributed by atoms with Gasteiger partial charge in [-0.05, 0) is 36.2 Å². The highest BCUT2D eigenvalue weighted by atomic mass is 32.2. The molecule has 0 amide bonds. The molecule has 19 heavy (non-hydrogen) atoms. The fraction of sp³-hybridized carbons (Fsp3) is 0.462. The Hall–Kier alpha value is -1.40. The van der Waals surface area contributed by atoms with Gasteiger partial charge in [0, 0.05) is 25.7 Å². The molecule has 0 fully saturated rings. The van der Waals surface area contributed by atoms with E-state index in [0.717, 1.165) is 34.5 Å². The summed E-state index contributed by atoms with van der Waals surface area (Å²) in [5.41, 5.74) is 6.80. The summed E-state index contributed by atoms with van der Waals surface area (Å²) >= 11 is 1.57. The van der Waals surface area contributed by atoms with Crippen LogP contribution in [0, 0.1) is 0 Å². The summed E-state index contributed by atoms with van der Waals surface area (Å²) < 4.78 is 2.23. The maximum absolute atomic E-state index is 5.75. The Morgan fingerprint density at radius 2 is 2.21 bits per heavy atom. The van der Waals surface area contributed by atoms with Crippen LogP contribution in [-0.4, -0.2) is 19.7 Å². The smallest absolute Gasteiger partial charge is 0.197 e. The first-order valence-corrected chi connectivity index (χ1v) is 7.44. The van der Waals surface area contributed by atoms with Gasteiger partial charge < -0.3 is 10.3 Å². The minimum absolute atomic E-state index is 0.497. The van der Waals surface area contributed by atoms with Crippen LogP contribution in [0.3, 0.4) is 0 Å². The van der Waals surface area contributed by atoms with Gasteiger partial charge in [-0.2, -0.15) is 0 Å². The maximum atomic E-state index is 5.75. The summed E-state index contributed by atoms with van der Waals surface area (Å²) in [6, 6.07) is 3.92. The molecule has 0 aliphatic carbocycles. The van der Waals surface area contributed by atoms with Gasteiger partial charge in [-0.15, -0.1) is 10.2 Å². The molecule has 0 saturated heterocycles. The second-order valence-corrected chi connectivity index (χ2v) is 5.59. The number of nitrogens with zero attached hydrogens (tertiary/aromatic N) is 4. The Labute approximate surface area is 116 Å². The molecule has 6 heteroatoms. The largest absolute Gasteiger partial charge is 0.326 e. The normalized spacial score (nSPS) is 15.0. The summed E-state index contributed by atoms with van der Waals surface area (Å²) in [7, 11) is 0. The summed E-state index contributed by atoms with van der Waals surface area (Å²) in [5.74, 6) is 1.10. The SMILES string of the molecule is NCc1cccnc1Sc1nnc2n1CCCCC2. The van der Waals surface area contributed by atoms with Crippen molar-refractivity contribution in [2.75, 3.05) is 0 Å². The molecule has 2 aromatic rings. The number of fused-ring (bicyclic) bond motifs is 1. The quantitative estimate of drug-likeness (QED) is 0.928. The van der Waals surface area contributed by atoms with E-state index < -0.39 is 0 Å². The van der Waals surface area contributed by atoms with E-state index in [-0.39, 0.29) is 0 Å². The zero-order chi connectivity index (χ0) is 13.1. The number of hydrogen-bond acceptors (Lipinski definition) is 5. The number of aromatic nitrogens is 4. The van der Waals surface area contributed by atoms with Crippen molar-refractivity contribution in [1.29, 1.82) is 0 Å². The highest BCUT2D eigenvalue weighted by Gasteiger charge is 2.16. The Balaban J connectivity index is 1.89. The van der Waals surface area contributed by atoms with Gasteiger partial charge in [-0.3, -0.25) is 0 Å². The van der Waals surface area contributed by atoms with Crippen molar-refractivity contribution in [3.05, 3.63) is 29.7 Å². The highest BCUT2D eigenvalue weighted by Crippen LogP contribution is 2.29. The lowest BCUT2D eigenvalue weighted by Gasteiger charge is -2.08. The monoisotopic (exact) mass is 275 g/mol. The first-order valence-electron chi connectivity index (χ1n) is 6.62. The van der Waals surface area contributed by atoms with E-state index >= 15 is 0 Å². The van der Waals surface area contributed by atoms with Crippen LogP contribution in [0.25, 0.3) is 0 Å². The fourth-order valence-corrected chi connectivity index (χ4v) is 3.25. The molecule has 0 aromatic carbocycles. The van der Waals surface area contributed by atoms with Gasteiger partial charge in [0.25, 0.3) is 0 Å². The lowest BCUT2D eigenvalue weighted by molar-refractivity contribution is 0.590. The third-order valence-corrected chi connectivity index (χ3v) is 4.38. The van der Waals surface area contributed by atoms with E-state index in [9.17, 15) is 0 Å². The number of nitrogens with two attached hydrogens (primary N) is 1. The number of hydrogen-bond donors (Lipinski definition) is 1. The average molecular weight is 275 g/mol. The molecule has 1 aliphatic rings. The molecule has 2 aromatic heterocycles. The van der Waals surface area contributed by atoms with Crippen LogP contribution in [0.1, 0.15) is 30.7 Å². The number of aryl methyl sites for hydroxylation is 1. The molecule has 3 heterocycles. The molecule has 100 valence electrons. The van der Waals surface area contributed by atoms with Gasteiger partial charge in [0.2, 0.25) is 0 Å². The number of pyridine rings is 1. The molecule has 5 nitrogen and oxygen atoms in total. The summed E-state index contributed by atoms with van der Waals surface area (Å²) in [6.07, 6.45) is 6.50. The van der Waals surface area contributed by atoms with Crippen molar-refractivity contribution in [2.45, 2.75) is 49.0 Å². The Morgan fingerprint density at radius 1 is 1.26 bits per heavy atom. The van der Waals surface area contributed by atoms with Crippen molar-refractivity contribution >= 4 is 11.8 Å². The second kappa shape index (κ2) is 5.71. The molecule has 0 saturated carbocycles. The molecule has 3 rings (SSSR count). The fourth-order valence-electron chi connectivity index (χ4n) is 2.29. The van der Waals surface area contributed by atoms with Gasteiger partial charge in [-0.25, -0.2) is 4.98 Å². The van der Waals surface area contributed by atoms with Crippen LogP contribution in [-0.2, 0) is 19.5 Å². The predicted molar refractivity (Wildman–Crippen MR) is 73.8 cm³/mol.